The molecule has 0 spiro atoms. The van der Waals surface area contributed by atoms with E-state index in [0.717, 1.165) is 6.42 Å². The molecule has 1 saturated carbocycles. The van der Waals surface area contributed by atoms with Gasteiger partial charge in [-0.15, -0.1) is 0 Å². The number of carbonyl (C=O) groups is 1. The Bertz CT molecular complexity index is 500. The molecule has 0 radical (unpaired) electrons. The third-order valence-corrected chi connectivity index (χ3v) is 4.53. The molecule has 1 aromatic carbocycles. The first-order valence-electron chi connectivity index (χ1n) is 7.11. The largest absolute Gasteiger partial charge is 0.481 e. The number of hydrogen-bond acceptors (Lipinski definition) is 2. The molecular formula is C16H21FO3. The van der Waals surface area contributed by atoms with Gasteiger partial charge in [-0.2, -0.15) is 0 Å². The highest BCUT2D eigenvalue weighted by atomic mass is 19.1. The van der Waals surface area contributed by atoms with E-state index in [0.29, 0.717) is 29.9 Å². The van der Waals surface area contributed by atoms with Crippen molar-refractivity contribution in [3.63, 3.8) is 0 Å². The highest BCUT2D eigenvalue weighted by Gasteiger charge is 2.42. The lowest BCUT2D eigenvalue weighted by atomic mass is 9.86. The van der Waals surface area contributed by atoms with Crippen LogP contribution in [0.15, 0.2) is 18.2 Å². The number of rotatable bonds is 4. The Morgan fingerprint density at radius 1 is 1.45 bits per heavy atom. The molecule has 0 aromatic heterocycles. The van der Waals surface area contributed by atoms with Crippen LogP contribution in [0.4, 0.5) is 4.39 Å². The molecule has 1 aliphatic rings. The molecule has 0 heterocycles. The van der Waals surface area contributed by atoms with Crippen LogP contribution in [0.2, 0.25) is 0 Å². The number of carboxylic acid groups (broad SMARTS) is 1. The number of aryl methyl sites for hydroxylation is 1. The molecule has 3 nitrogen and oxygen atoms in total. The van der Waals surface area contributed by atoms with Crippen LogP contribution in [0.3, 0.4) is 0 Å². The third kappa shape index (κ3) is 2.85. The summed E-state index contributed by atoms with van der Waals surface area (Å²) >= 11 is 0. The van der Waals surface area contributed by atoms with Crippen LogP contribution in [-0.4, -0.2) is 16.2 Å². The minimum atomic E-state index is -0.844. The number of aliphatic carboxylic acids is 1. The zero-order valence-corrected chi connectivity index (χ0v) is 11.8. The summed E-state index contributed by atoms with van der Waals surface area (Å²) in [5.41, 5.74) is 1.08. The maximum absolute atomic E-state index is 13.3. The zero-order valence-electron chi connectivity index (χ0n) is 11.8. The van der Waals surface area contributed by atoms with Gasteiger partial charge in [-0.1, -0.05) is 25.5 Å². The van der Waals surface area contributed by atoms with Gasteiger partial charge in [-0.3, -0.25) is 4.79 Å². The van der Waals surface area contributed by atoms with E-state index in [1.54, 1.807) is 19.1 Å². The average molecular weight is 280 g/mol. The van der Waals surface area contributed by atoms with Crippen molar-refractivity contribution < 1.29 is 19.4 Å². The second-order valence-corrected chi connectivity index (χ2v) is 5.81. The van der Waals surface area contributed by atoms with Gasteiger partial charge in [-0.05, 0) is 42.9 Å². The molecule has 0 bridgehead atoms. The number of halogens is 1. The summed E-state index contributed by atoms with van der Waals surface area (Å²) in [4.78, 5) is 11.4. The average Bonchev–Trinajstić information content (AvgIpc) is 2.85. The van der Waals surface area contributed by atoms with Gasteiger partial charge in [0.1, 0.15) is 5.82 Å². The molecular weight excluding hydrogens is 259 g/mol. The van der Waals surface area contributed by atoms with Crippen LogP contribution in [0, 0.1) is 30.5 Å². The van der Waals surface area contributed by atoms with Crippen LogP contribution in [0.25, 0.3) is 0 Å². The quantitative estimate of drug-likeness (QED) is 0.889. The van der Waals surface area contributed by atoms with Gasteiger partial charge in [-0.25, -0.2) is 4.39 Å². The second-order valence-electron chi connectivity index (χ2n) is 5.81. The van der Waals surface area contributed by atoms with E-state index in [4.69, 9.17) is 0 Å². The number of carboxylic acids is 1. The fourth-order valence-electron chi connectivity index (χ4n) is 3.24. The van der Waals surface area contributed by atoms with E-state index >= 15 is 0 Å². The van der Waals surface area contributed by atoms with Crippen molar-refractivity contribution in [2.75, 3.05) is 0 Å². The van der Waals surface area contributed by atoms with Crippen LogP contribution < -0.4 is 0 Å². The van der Waals surface area contributed by atoms with Crippen molar-refractivity contribution in [3.05, 3.63) is 35.1 Å². The lowest BCUT2D eigenvalue weighted by Gasteiger charge is -2.23. The van der Waals surface area contributed by atoms with E-state index in [1.807, 2.05) is 6.92 Å². The Balaban J connectivity index is 2.23. The molecule has 2 rings (SSSR count). The van der Waals surface area contributed by atoms with Gasteiger partial charge in [0.15, 0.2) is 0 Å². The van der Waals surface area contributed by atoms with Crippen LogP contribution in [0.5, 0.6) is 0 Å². The fourth-order valence-corrected chi connectivity index (χ4v) is 3.24. The van der Waals surface area contributed by atoms with Crippen LogP contribution >= 0.6 is 0 Å². The topological polar surface area (TPSA) is 57.5 Å². The van der Waals surface area contributed by atoms with Gasteiger partial charge >= 0.3 is 5.97 Å². The normalized spacial score (nSPS) is 27.5. The summed E-state index contributed by atoms with van der Waals surface area (Å²) in [7, 11) is 0. The molecule has 20 heavy (non-hydrogen) atoms. The zero-order chi connectivity index (χ0) is 14.9. The lowest BCUT2D eigenvalue weighted by molar-refractivity contribution is -0.144. The van der Waals surface area contributed by atoms with Gasteiger partial charge in [0.25, 0.3) is 0 Å². The van der Waals surface area contributed by atoms with Crippen molar-refractivity contribution >= 4 is 5.97 Å². The molecule has 1 aliphatic carbocycles. The highest BCUT2D eigenvalue weighted by Crippen LogP contribution is 2.44. The molecule has 0 amide bonds. The van der Waals surface area contributed by atoms with E-state index in [1.165, 1.54) is 6.07 Å². The molecule has 1 aromatic rings. The van der Waals surface area contributed by atoms with E-state index in [9.17, 15) is 19.4 Å². The second kappa shape index (κ2) is 5.92. The maximum Gasteiger partial charge on any atom is 0.306 e. The predicted molar refractivity (Wildman–Crippen MR) is 73.7 cm³/mol. The summed E-state index contributed by atoms with van der Waals surface area (Å²) in [5, 5.41) is 19.8. The molecule has 4 unspecified atom stereocenters. The SMILES string of the molecule is CCC1CC(C(=O)O)C(C(O)c2ccc(F)c(C)c2)C1. The smallest absolute Gasteiger partial charge is 0.306 e. The summed E-state index contributed by atoms with van der Waals surface area (Å²) in [6.45, 7) is 3.68. The molecule has 4 atom stereocenters. The molecule has 4 heteroatoms. The van der Waals surface area contributed by atoms with Gasteiger partial charge in [0.2, 0.25) is 0 Å². The lowest BCUT2D eigenvalue weighted by Crippen LogP contribution is -2.24. The summed E-state index contributed by atoms with van der Waals surface area (Å²) in [6, 6.07) is 4.49. The van der Waals surface area contributed by atoms with Crippen molar-refractivity contribution in [2.45, 2.75) is 39.2 Å². The Morgan fingerprint density at radius 2 is 2.15 bits per heavy atom. The summed E-state index contributed by atoms with van der Waals surface area (Å²) < 4.78 is 13.3. The van der Waals surface area contributed by atoms with E-state index < -0.39 is 18.0 Å². The molecule has 0 aliphatic heterocycles. The van der Waals surface area contributed by atoms with Crippen molar-refractivity contribution in [3.8, 4) is 0 Å². The molecule has 1 fully saturated rings. The van der Waals surface area contributed by atoms with Crippen LogP contribution in [0.1, 0.15) is 43.4 Å². The number of aliphatic hydroxyl groups excluding tert-OH is 1. The van der Waals surface area contributed by atoms with Gasteiger partial charge < -0.3 is 10.2 Å². The number of aliphatic hydroxyl groups is 1. The molecule has 2 N–H and O–H groups in total. The predicted octanol–water partition coefficient (Wildman–Crippen LogP) is 3.30. The first-order chi connectivity index (χ1) is 9.43. The van der Waals surface area contributed by atoms with Gasteiger partial charge in [0.05, 0.1) is 12.0 Å². The fraction of sp³-hybridized carbons (Fsp3) is 0.562. The Kier molecular flexibility index (Phi) is 4.43. The Labute approximate surface area is 118 Å². The van der Waals surface area contributed by atoms with Crippen molar-refractivity contribution in [1.82, 2.24) is 0 Å². The Hall–Kier alpha value is -1.42. The first kappa shape index (κ1) is 15.0. The monoisotopic (exact) mass is 280 g/mol. The summed E-state index contributed by atoms with van der Waals surface area (Å²) in [6.07, 6.45) is 1.42. The van der Waals surface area contributed by atoms with Gasteiger partial charge in [0, 0.05) is 5.92 Å². The highest BCUT2D eigenvalue weighted by molar-refractivity contribution is 5.71. The standard InChI is InChI=1S/C16H21FO3/c1-3-10-7-12(13(8-10)16(19)20)15(18)11-4-5-14(17)9(2)6-11/h4-6,10,12-13,15,18H,3,7-8H2,1-2H3,(H,19,20). The van der Waals surface area contributed by atoms with Crippen molar-refractivity contribution in [1.29, 1.82) is 0 Å². The Morgan fingerprint density at radius 3 is 2.70 bits per heavy atom. The van der Waals surface area contributed by atoms with E-state index in [-0.39, 0.29) is 11.7 Å². The molecule has 110 valence electrons. The minimum Gasteiger partial charge on any atom is -0.481 e. The van der Waals surface area contributed by atoms with Crippen molar-refractivity contribution in [2.24, 2.45) is 17.8 Å². The van der Waals surface area contributed by atoms with Crippen LogP contribution in [-0.2, 0) is 4.79 Å². The number of hydrogen-bond donors (Lipinski definition) is 2. The molecule has 0 saturated heterocycles. The first-order valence-corrected chi connectivity index (χ1v) is 7.11. The summed E-state index contributed by atoms with van der Waals surface area (Å²) in [5.74, 6) is -1.61. The number of benzene rings is 1. The third-order valence-electron chi connectivity index (χ3n) is 4.53. The maximum atomic E-state index is 13.3. The minimum absolute atomic E-state index is 0.290. The van der Waals surface area contributed by atoms with E-state index in [2.05, 4.69) is 0 Å².